The van der Waals surface area contributed by atoms with E-state index in [2.05, 4.69) is 10.1 Å². The molecule has 0 saturated carbocycles. The molecule has 0 unspecified atom stereocenters. The molecule has 0 bridgehead atoms. The van der Waals surface area contributed by atoms with Gasteiger partial charge in [0, 0.05) is 17.7 Å². The van der Waals surface area contributed by atoms with Crippen molar-refractivity contribution in [2.45, 2.75) is 0 Å². The van der Waals surface area contributed by atoms with E-state index in [4.69, 9.17) is 5.73 Å². The van der Waals surface area contributed by atoms with Gasteiger partial charge in [0.1, 0.15) is 5.82 Å². The summed E-state index contributed by atoms with van der Waals surface area (Å²) in [7, 11) is 0. The third kappa shape index (κ3) is 1.85. The first-order valence-corrected chi connectivity index (χ1v) is 5.38. The van der Waals surface area contributed by atoms with E-state index in [-0.39, 0.29) is 17.1 Å². The van der Waals surface area contributed by atoms with Crippen molar-refractivity contribution >= 4 is 11.5 Å². The topological polar surface area (TPSA) is 76.2 Å². The third-order valence-corrected chi connectivity index (χ3v) is 2.69. The minimum atomic E-state index is -0.993. The van der Waals surface area contributed by atoms with Crippen LogP contribution in [-0.4, -0.2) is 14.6 Å². The molecule has 0 fully saturated rings. The highest BCUT2D eigenvalue weighted by molar-refractivity contribution is 5.62. The van der Waals surface area contributed by atoms with Gasteiger partial charge in [-0.3, -0.25) is 9.89 Å². The lowest BCUT2D eigenvalue weighted by Gasteiger charge is -2.02. The molecule has 19 heavy (non-hydrogen) atoms. The average molecular weight is 262 g/mol. The molecule has 0 aliphatic rings. The summed E-state index contributed by atoms with van der Waals surface area (Å²) in [5.41, 5.74) is 6.02. The Bertz CT molecular complexity index is 837. The molecule has 1 aromatic carbocycles. The van der Waals surface area contributed by atoms with Crippen LogP contribution in [0.5, 0.6) is 0 Å². The summed E-state index contributed by atoms with van der Waals surface area (Å²) >= 11 is 0. The summed E-state index contributed by atoms with van der Waals surface area (Å²) < 4.78 is 27.2. The second-order valence-electron chi connectivity index (χ2n) is 4.01. The molecule has 2 aromatic heterocycles. The summed E-state index contributed by atoms with van der Waals surface area (Å²) in [6, 6.07) is 6.02. The number of fused-ring (bicyclic) bond motifs is 1. The van der Waals surface area contributed by atoms with Crippen molar-refractivity contribution in [3.63, 3.8) is 0 Å². The molecular weight excluding hydrogens is 254 g/mol. The van der Waals surface area contributed by atoms with Crippen LogP contribution in [0.3, 0.4) is 0 Å². The summed E-state index contributed by atoms with van der Waals surface area (Å²) in [6.45, 7) is 0. The molecule has 0 saturated heterocycles. The maximum Gasteiger partial charge on any atom is 0.273 e. The molecule has 0 radical (unpaired) electrons. The van der Waals surface area contributed by atoms with Gasteiger partial charge in [-0.05, 0) is 18.2 Å². The first kappa shape index (κ1) is 11.4. The number of nitrogen functional groups attached to an aromatic ring is 1. The van der Waals surface area contributed by atoms with Crippen LogP contribution in [0.4, 0.5) is 14.6 Å². The molecule has 0 atom stereocenters. The Morgan fingerprint density at radius 2 is 1.95 bits per heavy atom. The minimum absolute atomic E-state index is 0.253. The average Bonchev–Trinajstić information content (AvgIpc) is 2.74. The Morgan fingerprint density at radius 3 is 2.68 bits per heavy atom. The summed E-state index contributed by atoms with van der Waals surface area (Å²) in [4.78, 5) is 16.0. The lowest BCUT2D eigenvalue weighted by atomic mass is 10.1. The van der Waals surface area contributed by atoms with Gasteiger partial charge in [-0.15, -0.1) is 0 Å². The van der Waals surface area contributed by atoms with Gasteiger partial charge in [0.15, 0.2) is 17.3 Å². The summed E-state index contributed by atoms with van der Waals surface area (Å²) in [5, 5.41) is 2.61. The second kappa shape index (κ2) is 3.91. The SMILES string of the molecule is Nc1cc2nc(-c3ccc(F)c(F)c3)cc(=O)n2[nH]1. The molecule has 2 heterocycles. The maximum absolute atomic E-state index is 13.2. The lowest BCUT2D eigenvalue weighted by molar-refractivity contribution is 0.509. The molecule has 0 aliphatic heterocycles. The monoisotopic (exact) mass is 262 g/mol. The number of nitrogens with one attached hydrogen (secondary N) is 1. The molecule has 0 aliphatic carbocycles. The van der Waals surface area contributed by atoms with Crippen LogP contribution in [0.25, 0.3) is 16.9 Å². The zero-order chi connectivity index (χ0) is 13.6. The number of benzene rings is 1. The molecule has 3 rings (SSSR count). The zero-order valence-corrected chi connectivity index (χ0v) is 9.52. The van der Waals surface area contributed by atoms with Gasteiger partial charge in [-0.1, -0.05) is 0 Å². The highest BCUT2D eigenvalue weighted by atomic mass is 19.2. The van der Waals surface area contributed by atoms with E-state index < -0.39 is 11.6 Å². The van der Waals surface area contributed by atoms with Crippen molar-refractivity contribution in [1.82, 2.24) is 14.6 Å². The Hall–Kier alpha value is -2.70. The van der Waals surface area contributed by atoms with Crippen LogP contribution in [0.1, 0.15) is 0 Å². The number of aromatic nitrogens is 3. The number of hydrogen-bond acceptors (Lipinski definition) is 3. The van der Waals surface area contributed by atoms with Gasteiger partial charge in [-0.25, -0.2) is 13.8 Å². The lowest BCUT2D eigenvalue weighted by Crippen LogP contribution is -2.14. The van der Waals surface area contributed by atoms with Crippen LogP contribution in [-0.2, 0) is 0 Å². The molecule has 3 N–H and O–H groups in total. The van der Waals surface area contributed by atoms with E-state index in [9.17, 15) is 13.6 Å². The van der Waals surface area contributed by atoms with E-state index in [0.29, 0.717) is 11.2 Å². The first-order valence-electron chi connectivity index (χ1n) is 5.38. The molecule has 96 valence electrons. The zero-order valence-electron chi connectivity index (χ0n) is 9.52. The standard InChI is InChI=1S/C12H8F2N4O/c13-7-2-1-6(3-8(7)14)9-4-12(19)18-11(16-9)5-10(15)17-18/h1-5,17H,15H2. The van der Waals surface area contributed by atoms with Crippen LogP contribution >= 0.6 is 0 Å². The molecule has 0 spiro atoms. The number of halogens is 2. The van der Waals surface area contributed by atoms with E-state index in [0.717, 1.165) is 12.1 Å². The number of hydrogen-bond donors (Lipinski definition) is 2. The predicted octanol–water partition coefficient (Wildman–Crippen LogP) is 1.55. The first-order chi connectivity index (χ1) is 9.04. The van der Waals surface area contributed by atoms with E-state index in [1.807, 2.05) is 0 Å². The Balaban J connectivity index is 2.24. The fourth-order valence-electron chi connectivity index (χ4n) is 1.81. The summed E-state index contributed by atoms with van der Waals surface area (Å²) in [6.07, 6.45) is 0. The molecular formula is C12H8F2N4O. The third-order valence-electron chi connectivity index (χ3n) is 2.69. The van der Waals surface area contributed by atoms with Gasteiger partial charge in [-0.2, -0.15) is 4.52 Å². The number of rotatable bonds is 1. The Morgan fingerprint density at radius 1 is 1.16 bits per heavy atom. The van der Waals surface area contributed by atoms with Crippen LogP contribution in [0.15, 0.2) is 35.1 Å². The number of H-pyrrole nitrogens is 1. The van der Waals surface area contributed by atoms with Gasteiger partial charge in [0.05, 0.1) is 5.69 Å². The van der Waals surface area contributed by atoms with Gasteiger partial charge in [0.25, 0.3) is 5.56 Å². The van der Waals surface area contributed by atoms with Crippen LogP contribution in [0, 0.1) is 11.6 Å². The largest absolute Gasteiger partial charge is 0.384 e. The van der Waals surface area contributed by atoms with Crippen molar-refractivity contribution in [3.8, 4) is 11.3 Å². The predicted molar refractivity (Wildman–Crippen MR) is 65.6 cm³/mol. The normalized spacial score (nSPS) is 11.1. The number of anilines is 1. The quantitative estimate of drug-likeness (QED) is 0.698. The highest BCUT2D eigenvalue weighted by Gasteiger charge is 2.09. The van der Waals surface area contributed by atoms with E-state index in [1.54, 1.807) is 0 Å². The van der Waals surface area contributed by atoms with Crippen LogP contribution < -0.4 is 11.3 Å². The summed E-state index contributed by atoms with van der Waals surface area (Å²) in [5.74, 6) is -1.66. The molecule has 0 amide bonds. The molecule has 3 aromatic rings. The van der Waals surface area contributed by atoms with Gasteiger partial charge >= 0.3 is 0 Å². The van der Waals surface area contributed by atoms with Crippen molar-refractivity contribution in [2.75, 3.05) is 5.73 Å². The fourth-order valence-corrected chi connectivity index (χ4v) is 1.81. The Kier molecular flexibility index (Phi) is 2.34. The van der Waals surface area contributed by atoms with Crippen molar-refractivity contribution in [2.24, 2.45) is 0 Å². The smallest absolute Gasteiger partial charge is 0.273 e. The second-order valence-corrected chi connectivity index (χ2v) is 4.01. The minimum Gasteiger partial charge on any atom is -0.384 e. The van der Waals surface area contributed by atoms with Crippen LogP contribution in [0.2, 0.25) is 0 Å². The van der Waals surface area contributed by atoms with Crippen molar-refractivity contribution in [1.29, 1.82) is 0 Å². The number of aromatic amines is 1. The molecule has 5 nitrogen and oxygen atoms in total. The van der Waals surface area contributed by atoms with Crippen molar-refractivity contribution in [3.05, 3.63) is 52.3 Å². The molecule has 7 heteroatoms. The van der Waals surface area contributed by atoms with Gasteiger partial charge < -0.3 is 5.73 Å². The highest BCUT2D eigenvalue weighted by Crippen LogP contribution is 2.19. The van der Waals surface area contributed by atoms with E-state index in [1.165, 1.54) is 22.7 Å². The van der Waals surface area contributed by atoms with Crippen molar-refractivity contribution < 1.29 is 8.78 Å². The fraction of sp³-hybridized carbons (Fsp3) is 0. The van der Waals surface area contributed by atoms with E-state index >= 15 is 0 Å². The number of nitrogens with zero attached hydrogens (tertiary/aromatic N) is 2. The number of nitrogens with two attached hydrogens (primary N) is 1. The Labute approximate surface area is 105 Å². The maximum atomic E-state index is 13.2. The van der Waals surface area contributed by atoms with Gasteiger partial charge in [0.2, 0.25) is 0 Å².